The van der Waals surface area contributed by atoms with E-state index in [4.69, 9.17) is 0 Å². The van der Waals surface area contributed by atoms with E-state index in [1.165, 1.54) is 12.8 Å². The molecule has 2 fully saturated rings. The van der Waals surface area contributed by atoms with E-state index in [0.717, 1.165) is 12.8 Å². The second kappa shape index (κ2) is 3.00. The number of aliphatic hydroxyl groups excluding tert-OH is 1. The van der Waals surface area contributed by atoms with Crippen molar-refractivity contribution in [3.63, 3.8) is 0 Å². The summed E-state index contributed by atoms with van der Waals surface area (Å²) in [7, 11) is 0. The van der Waals surface area contributed by atoms with E-state index in [9.17, 15) is 5.11 Å². The summed E-state index contributed by atoms with van der Waals surface area (Å²) < 4.78 is 0. The van der Waals surface area contributed by atoms with Crippen LogP contribution in [0.1, 0.15) is 39.5 Å². The summed E-state index contributed by atoms with van der Waals surface area (Å²) >= 11 is 0. The van der Waals surface area contributed by atoms with Crippen LogP contribution in [-0.4, -0.2) is 34.2 Å². The summed E-state index contributed by atoms with van der Waals surface area (Å²) in [5.41, 5.74) is 0. The third-order valence-corrected chi connectivity index (χ3v) is 3.36. The van der Waals surface area contributed by atoms with Gasteiger partial charge >= 0.3 is 0 Å². The van der Waals surface area contributed by atoms with Gasteiger partial charge in [0.05, 0.1) is 6.10 Å². The van der Waals surface area contributed by atoms with Crippen molar-refractivity contribution in [3.05, 3.63) is 0 Å². The van der Waals surface area contributed by atoms with Crippen molar-refractivity contribution in [3.8, 4) is 0 Å². The van der Waals surface area contributed by atoms with Gasteiger partial charge in [-0.2, -0.15) is 0 Å². The highest BCUT2D eigenvalue weighted by molar-refractivity contribution is 4.96. The highest BCUT2D eigenvalue weighted by Crippen LogP contribution is 2.36. The number of hydrogen-bond donors (Lipinski definition) is 1. The van der Waals surface area contributed by atoms with Gasteiger partial charge in [0.1, 0.15) is 0 Å². The summed E-state index contributed by atoms with van der Waals surface area (Å²) in [6.07, 6.45) is 4.61. The molecule has 3 atom stereocenters. The van der Waals surface area contributed by atoms with Gasteiger partial charge in [-0.3, -0.25) is 4.90 Å². The molecular formula is C10H19NO. The zero-order valence-corrected chi connectivity index (χ0v) is 8.03. The van der Waals surface area contributed by atoms with Crippen LogP contribution in [0.3, 0.4) is 0 Å². The van der Waals surface area contributed by atoms with Crippen molar-refractivity contribution in [2.75, 3.05) is 0 Å². The fraction of sp³-hybridized carbons (Fsp3) is 1.00. The predicted molar refractivity (Wildman–Crippen MR) is 49.0 cm³/mol. The molecule has 0 aromatic rings. The SMILES string of the molecule is CC(C)N1C2CC[C@@H]1C[C@H](O)C2. The van der Waals surface area contributed by atoms with Crippen LogP contribution in [0, 0.1) is 0 Å². The van der Waals surface area contributed by atoms with Gasteiger partial charge in [0.2, 0.25) is 0 Å². The molecule has 12 heavy (non-hydrogen) atoms. The lowest BCUT2D eigenvalue weighted by molar-refractivity contribution is 0.0187. The second-order valence-electron chi connectivity index (χ2n) is 4.55. The molecule has 0 radical (unpaired) electrons. The first-order valence-electron chi connectivity index (χ1n) is 5.14. The van der Waals surface area contributed by atoms with Gasteiger partial charge < -0.3 is 5.11 Å². The topological polar surface area (TPSA) is 23.5 Å². The second-order valence-corrected chi connectivity index (χ2v) is 4.55. The lowest BCUT2D eigenvalue weighted by Gasteiger charge is -2.39. The Bertz CT molecular complexity index is 155. The van der Waals surface area contributed by atoms with E-state index in [2.05, 4.69) is 18.7 Å². The molecule has 2 heterocycles. The van der Waals surface area contributed by atoms with Crippen molar-refractivity contribution in [2.45, 2.75) is 63.8 Å². The van der Waals surface area contributed by atoms with Crippen LogP contribution < -0.4 is 0 Å². The smallest absolute Gasteiger partial charge is 0.0570 e. The summed E-state index contributed by atoms with van der Waals surface area (Å²) in [6.45, 7) is 4.53. The minimum Gasteiger partial charge on any atom is -0.393 e. The molecule has 0 aromatic heterocycles. The third kappa shape index (κ3) is 1.27. The Balaban J connectivity index is 2.09. The van der Waals surface area contributed by atoms with Crippen molar-refractivity contribution in [1.82, 2.24) is 4.90 Å². The van der Waals surface area contributed by atoms with Crippen LogP contribution in [-0.2, 0) is 0 Å². The Kier molecular flexibility index (Phi) is 2.13. The molecule has 0 amide bonds. The third-order valence-electron chi connectivity index (χ3n) is 3.36. The highest BCUT2D eigenvalue weighted by Gasteiger charge is 2.40. The lowest BCUT2D eigenvalue weighted by Crippen LogP contribution is -2.48. The van der Waals surface area contributed by atoms with E-state index in [0.29, 0.717) is 18.1 Å². The molecule has 1 N–H and O–H groups in total. The Labute approximate surface area is 74.6 Å². The summed E-state index contributed by atoms with van der Waals surface area (Å²) in [5.74, 6) is 0. The molecule has 2 heteroatoms. The molecule has 2 aliphatic rings. The quantitative estimate of drug-likeness (QED) is 0.641. The first-order valence-corrected chi connectivity index (χ1v) is 5.14. The average molecular weight is 169 g/mol. The average Bonchev–Trinajstić information content (AvgIpc) is 2.24. The Morgan fingerprint density at radius 2 is 1.67 bits per heavy atom. The molecular weight excluding hydrogens is 150 g/mol. The van der Waals surface area contributed by atoms with Crippen LogP contribution in [0.4, 0.5) is 0 Å². The minimum atomic E-state index is -0.0162. The lowest BCUT2D eigenvalue weighted by atomic mass is 9.98. The standard InChI is InChI=1S/C10H19NO/c1-7(2)11-8-3-4-9(11)6-10(12)5-8/h7-10,12H,3-6H2,1-2H3/t8-,9?,10+/m1/s1. The number of fused-ring (bicyclic) bond motifs is 2. The van der Waals surface area contributed by atoms with Crippen LogP contribution >= 0.6 is 0 Å². The maximum Gasteiger partial charge on any atom is 0.0570 e. The molecule has 2 rings (SSSR count). The normalized spacial score (nSPS) is 42.5. The van der Waals surface area contributed by atoms with Crippen molar-refractivity contribution >= 4 is 0 Å². The molecule has 1 unspecified atom stereocenters. The van der Waals surface area contributed by atoms with Crippen molar-refractivity contribution < 1.29 is 5.11 Å². The predicted octanol–water partition coefficient (Wildman–Crippen LogP) is 1.38. The van der Waals surface area contributed by atoms with Crippen LogP contribution in [0.15, 0.2) is 0 Å². The molecule has 0 aromatic carbocycles. The number of hydrogen-bond acceptors (Lipinski definition) is 2. The first-order chi connectivity index (χ1) is 5.68. The summed E-state index contributed by atoms with van der Waals surface area (Å²) in [5, 5.41) is 9.56. The maximum absolute atomic E-state index is 9.56. The number of aliphatic hydroxyl groups is 1. The number of piperidine rings is 1. The molecule has 70 valence electrons. The summed E-state index contributed by atoms with van der Waals surface area (Å²) in [4.78, 5) is 2.60. The largest absolute Gasteiger partial charge is 0.393 e. The first kappa shape index (κ1) is 8.52. The fourth-order valence-electron chi connectivity index (χ4n) is 3.03. The Hall–Kier alpha value is -0.0800. The van der Waals surface area contributed by atoms with Gasteiger partial charge in [0, 0.05) is 18.1 Å². The molecule has 0 spiro atoms. The minimum absolute atomic E-state index is 0.0162. The maximum atomic E-state index is 9.56. The summed E-state index contributed by atoms with van der Waals surface area (Å²) in [6, 6.07) is 2.02. The van der Waals surface area contributed by atoms with Gasteiger partial charge in [0.25, 0.3) is 0 Å². The van der Waals surface area contributed by atoms with E-state index < -0.39 is 0 Å². The molecule has 0 aliphatic carbocycles. The molecule has 2 nitrogen and oxygen atoms in total. The van der Waals surface area contributed by atoms with Crippen LogP contribution in [0.2, 0.25) is 0 Å². The monoisotopic (exact) mass is 169 g/mol. The van der Waals surface area contributed by atoms with Crippen LogP contribution in [0.5, 0.6) is 0 Å². The van der Waals surface area contributed by atoms with Gasteiger partial charge in [-0.1, -0.05) is 0 Å². The van der Waals surface area contributed by atoms with Gasteiger partial charge in [0.15, 0.2) is 0 Å². The van der Waals surface area contributed by atoms with Gasteiger partial charge in [-0.05, 0) is 39.5 Å². The van der Waals surface area contributed by atoms with E-state index >= 15 is 0 Å². The highest BCUT2D eigenvalue weighted by atomic mass is 16.3. The molecule has 0 saturated carbocycles. The van der Waals surface area contributed by atoms with E-state index in [1.807, 2.05) is 0 Å². The number of rotatable bonds is 1. The van der Waals surface area contributed by atoms with Crippen molar-refractivity contribution in [1.29, 1.82) is 0 Å². The molecule has 2 aliphatic heterocycles. The zero-order valence-electron chi connectivity index (χ0n) is 8.03. The van der Waals surface area contributed by atoms with Crippen molar-refractivity contribution in [2.24, 2.45) is 0 Å². The zero-order chi connectivity index (χ0) is 8.72. The van der Waals surface area contributed by atoms with E-state index in [-0.39, 0.29) is 6.10 Å². The van der Waals surface area contributed by atoms with E-state index in [1.54, 1.807) is 0 Å². The van der Waals surface area contributed by atoms with Gasteiger partial charge in [-0.25, -0.2) is 0 Å². The van der Waals surface area contributed by atoms with Crippen LogP contribution in [0.25, 0.3) is 0 Å². The fourth-order valence-corrected chi connectivity index (χ4v) is 3.03. The molecule has 2 saturated heterocycles. The Morgan fingerprint density at radius 3 is 2.08 bits per heavy atom. The molecule has 2 bridgehead atoms. The number of nitrogens with zero attached hydrogens (tertiary/aromatic N) is 1. The van der Waals surface area contributed by atoms with Gasteiger partial charge in [-0.15, -0.1) is 0 Å². The Morgan fingerprint density at radius 1 is 1.17 bits per heavy atom.